The molecular formula is C12H18O3. The molecule has 3 nitrogen and oxygen atoms in total. The highest BCUT2D eigenvalue weighted by Gasteiger charge is 2.02. The van der Waals surface area contributed by atoms with Gasteiger partial charge in [-0.25, -0.2) is 0 Å². The minimum Gasteiger partial charge on any atom is -0.496 e. The van der Waals surface area contributed by atoms with E-state index >= 15 is 0 Å². The molecule has 0 N–H and O–H groups in total. The molecule has 0 atom stereocenters. The highest BCUT2D eigenvalue weighted by Crippen LogP contribution is 2.24. The van der Waals surface area contributed by atoms with E-state index in [1.165, 1.54) is 5.56 Å². The van der Waals surface area contributed by atoms with E-state index in [-0.39, 0.29) is 0 Å². The first-order valence-corrected chi connectivity index (χ1v) is 5.10. The maximum absolute atomic E-state index is 5.48. The van der Waals surface area contributed by atoms with E-state index in [1.54, 1.807) is 14.2 Å². The third kappa shape index (κ3) is 3.44. The predicted octanol–water partition coefficient (Wildman–Crippen LogP) is 2.28. The summed E-state index contributed by atoms with van der Waals surface area (Å²) in [7, 11) is 3.33. The Balaban J connectivity index is 2.66. The molecule has 3 heteroatoms. The minimum absolute atomic E-state index is 0.561. The second kappa shape index (κ2) is 6.30. The standard InChI is InChI=1S/C12H18O3/c1-4-10-5-6-11(9-12(10)14-3)15-8-7-13-2/h5-6,9H,4,7-8H2,1-3H3. The fourth-order valence-corrected chi connectivity index (χ4v) is 1.35. The van der Waals surface area contributed by atoms with Gasteiger partial charge in [0.1, 0.15) is 18.1 Å². The Hall–Kier alpha value is -1.22. The first-order valence-electron chi connectivity index (χ1n) is 5.10. The summed E-state index contributed by atoms with van der Waals surface area (Å²) in [5, 5.41) is 0. The van der Waals surface area contributed by atoms with Gasteiger partial charge in [-0.1, -0.05) is 13.0 Å². The molecule has 0 aliphatic heterocycles. The summed E-state index contributed by atoms with van der Waals surface area (Å²) in [5.74, 6) is 1.70. The van der Waals surface area contributed by atoms with Crippen LogP contribution < -0.4 is 9.47 Å². The van der Waals surface area contributed by atoms with Crippen LogP contribution in [-0.4, -0.2) is 27.4 Å². The fourth-order valence-electron chi connectivity index (χ4n) is 1.35. The van der Waals surface area contributed by atoms with E-state index in [0.29, 0.717) is 13.2 Å². The van der Waals surface area contributed by atoms with Gasteiger partial charge >= 0.3 is 0 Å². The molecule has 0 unspecified atom stereocenters. The zero-order valence-corrected chi connectivity index (χ0v) is 9.58. The van der Waals surface area contributed by atoms with Crippen molar-refractivity contribution in [2.75, 3.05) is 27.4 Å². The topological polar surface area (TPSA) is 27.7 Å². The van der Waals surface area contributed by atoms with E-state index in [9.17, 15) is 0 Å². The van der Waals surface area contributed by atoms with Gasteiger partial charge in [0.25, 0.3) is 0 Å². The van der Waals surface area contributed by atoms with E-state index < -0.39 is 0 Å². The lowest BCUT2D eigenvalue weighted by atomic mass is 10.1. The maximum atomic E-state index is 5.48. The second-order valence-electron chi connectivity index (χ2n) is 3.17. The zero-order valence-electron chi connectivity index (χ0n) is 9.58. The van der Waals surface area contributed by atoms with E-state index in [1.807, 2.05) is 18.2 Å². The Labute approximate surface area is 91.0 Å². The molecule has 0 fully saturated rings. The summed E-state index contributed by atoms with van der Waals surface area (Å²) in [5.41, 5.74) is 1.19. The molecule has 15 heavy (non-hydrogen) atoms. The SMILES string of the molecule is CCc1ccc(OCCOC)cc1OC. The van der Waals surface area contributed by atoms with Gasteiger partial charge in [-0.15, -0.1) is 0 Å². The van der Waals surface area contributed by atoms with Crippen molar-refractivity contribution in [2.45, 2.75) is 13.3 Å². The molecular weight excluding hydrogens is 192 g/mol. The average molecular weight is 210 g/mol. The van der Waals surface area contributed by atoms with Crippen LogP contribution in [0.1, 0.15) is 12.5 Å². The van der Waals surface area contributed by atoms with Gasteiger partial charge in [-0.2, -0.15) is 0 Å². The van der Waals surface area contributed by atoms with Gasteiger partial charge < -0.3 is 14.2 Å². The molecule has 1 aromatic carbocycles. The molecule has 0 radical (unpaired) electrons. The van der Waals surface area contributed by atoms with Gasteiger partial charge in [0, 0.05) is 13.2 Å². The number of methoxy groups -OCH3 is 2. The molecule has 0 amide bonds. The smallest absolute Gasteiger partial charge is 0.125 e. The highest BCUT2D eigenvalue weighted by atomic mass is 16.5. The molecule has 0 aliphatic carbocycles. The van der Waals surface area contributed by atoms with Crippen molar-refractivity contribution in [1.29, 1.82) is 0 Å². The summed E-state index contributed by atoms with van der Waals surface area (Å²) < 4.78 is 15.7. The summed E-state index contributed by atoms with van der Waals surface area (Å²) >= 11 is 0. The summed E-state index contributed by atoms with van der Waals surface area (Å²) in [6.07, 6.45) is 0.960. The third-order valence-corrected chi connectivity index (χ3v) is 2.20. The number of rotatable bonds is 6. The van der Waals surface area contributed by atoms with Crippen LogP contribution in [0.25, 0.3) is 0 Å². The molecule has 1 rings (SSSR count). The summed E-state index contributed by atoms with van der Waals surface area (Å²) in [6, 6.07) is 5.90. The number of hydrogen-bond donors (Lipinski definition) is 0. The van der Waals surface area contributed by atoms with Crippen molar-refractivity contribution in [3.63, 3.8) is 0 Å². The Morgan fingerprint density at radius 1 is 1.13 bits per heavy atom. The van der Waals surface area contributed by atoms with E-state index in [0.717, 1.165) is 17.9 Å². The molecule has 0 spiro atoms. The second-order valence-corrected chi connectivity index (χ2v) is 3.17. The molecule has 0 aliphatic rings. The molecule has 0 saturated carbocycles. The number of ether oxygens (including phenoxy) is 3. The van der Waals surface area contributed by atoms with Crippen LogP contribution in [0.3, 0.4) is 0 Å². The molecule has 0 saturated heterocycles. The Morgan fingerprint density at radius 3 is 2.53 bits per heavy atom. The average Bonchev–Trinajstić information content (AvgIpc) is 2.29. The number of benzene rings is 1. The fraction of sp³-hybridized carbons (Fsp3) is 0.500. The summed E-state index contributed by atoms with van der Waals surface area (Å²) in [6.45, 7) is 3.26. The monoisotopic (exact) mass is 210 g/mol. The van der Waals surface area contributed by atoms with Gasteiger partial charge in [0.2, 0.25) is 0 Å². The summed E-state index contributed by atoms with van der Waals surface area (Å²) in [4.78, 5) is 0. The van der Waals surface area contributed by atoms with Crippen molar-refractivity contribution in [2.24, 2.45) is 0 Å². The van der Waals surface area contributed by atoms with Crippen LogP contribution in [0.15, 0.2) is 18.2 Å². The Bertz CT molecular complexity index is 297. The highest BCUT2D eigenvalue weighted by molar-refractivity contribution is 5.40. The minimum atomic E-state index is 0.561. The van der Waals surface area contributed by atoms with Gasteiger partial charge in [0.15, 0.2) is 0 Å². The van der Waals surface area contributed by atoms with Crippen molar-refractivity contribution in [3.8, 4) is 11.5 Å². The van der Waals surface area contributed by atoms with Crippen molar-refractivity contribution < 1.29 is 14.2 Å². The Morgan fingerprint density at radius 2 is 1.93 bits per heavy atom. The number of hydrogen-bond acceptors (Lipinski definition) is 3. The van der Waals surface area contributed by atoms with Crippen molar-refractivity contribution in [1.82, 2.24) is 0 Å². The van der Waals surface area contributed by atoms with Crippen LogP contribution in [0.4, 0.5) is 0 Å². The van der Waals surface area contributed by atoms with Gasteiger partial charge in [-0.05, 0) is 18.1 Å². The molecule has 0 aromatic heterocycles. The van der Waals surface area contributed by atoms with Crippen molar-refractivity contribution in [3.05, 3.63) is 23.8 Å². The molecule has 0 bridgehead atoms. The molecule has 84 valence electrons. The molecule has 1 aromatic rings. The van der Waals surface area contributed by atoms with Crippen LogP contribution in [0, 0.1) is 0 Å². The normalized spacial score (nSPS) is 10.1. The quantitative estimate of drug-likeness (QED) is 0.674. The molecule has 0 heterocycles. The lowest BCUT2D eigenvalue weighted by Crippen LogP contribution is -2.04. The van der Waals surface area contributed by atoms with Crippen LogP contribution in [0.2, 0.25) is 0 Å². The van der Waals surface area contributed by atoms with Gasteiger partial charge in [-0.3, -0.25) is 0 Å². The van der Waals surface area contributed by atoms with Crippen LogP contribution >= 0.6 is 0 Å². The Kier molecular flexibility index (Phi) is 4.98. The van der Waals surface area contributed by atoms with E-state index in [4.69, 9.17) is 14.2 Å². The predicted molar refractivity (Wildman–Crippen MR) is 59.7 cm³/mol. The third-order valence-electron chi connectivity index (χ3n) is 2.20. The van der Waals surface area contributed by atoms with Crippen molar-refractivity contribution >= 4 is 0 Å². The first-order chi connectivity index (χ1) is 7.31. The first kappa shape index (κ1) is 11.9. The lowest BCUT2D eigenvalue weighted by Gasteiger charge is -2.10. The van der Waals surface area contributed by atoms with E-state index in [2.05, 4.69) is 6.92 Å². The van der Waals surface area contributed by atoms with Crippen LogP contribution in [0.5, 0.6) is 11.5 Å². The maximum Gasteiger partial charge on any atom is 0.125 e. The zero-order chi connectivity index (χ0) is 11.1. The van der Waals surface area contributed by atoms with Crippen LogP contribution in [-0.2, 0) is 11.2 Å². The largest absolute Gasteiger partial charge is 0.496 e. The van der Waals surface area contributed by atoms with Gasteiger partial charge in [0.05, 0.1) is 13.7 Å². The number of aryl methyl sites for hydroxylation is 1. The lowest BCUT2D eigenvalue weighted by molar-refractivity contribution is 0.146.